The van der Waals surface area contributed by atoms with Crippen LogP contribution in [0.25, 0.3) is 0 Å². The summed E-state index contributed by atoms with van der Waals surface area (Å²) in [6.07, 6.45) is 0.946. The molecule has 0 saturated heterocycles. The lowest BCUT2D eigenvalue weighted by Gasteiger charge is -2.36. The molecule has 184 valence electrons. The second-order valence-electron chi connectivity index (χ2n) is 9.95. The minimum absolute atomic E-state index is 0.0273. The van der Waals surface area contributed by atoms with Gasteiger partial charge in [0.2, 0.25) is 18.2 Å². The summed E-state index contributed by atoms with van der Waals surface area (Å²) in [5, 5.41) is 0. The molecule has 0 N–H and O–H groups in total. The molecule has 3 aromatic rings. The standard InChI is InChI=1S/C31H37O3P/c1-6-30(4,26-19-13-9-14-20-26)28(32)35(34,23-24(3)25-17-11-8-12-18-25)29(33)31(5,7-2)27-21-15-10-16-22-27/h8-22,24H,6-7,23H2,1-5H3. The predicted molar refractivity (Wildman–Crippen MR) is 146 cm³/mol. The van der Waals surface area contributed by atoms with Crippen LogP contribution >= 0.6 is 7.14 Å². The molecular formula is C31H37O3P. The lowest BCUT2D eigenvalue weighted by Crippen LogP contribution is -2.40. The van der Waals surface area contributed by atoms with Crippen molar-refractivity contribution in [2.75, 3.05) is 6.16 Å². The van der Waals surface area contributed by atoms with E-state index >= 15 is 4.57 Å². The number of hydrogen-bond donors (Lipinski definition) is 0. The number of hydrogen-bond acceptors (Lipinski definition) is 3. The topological polar surface area (TPSA) is 51.2 Å². The number of rotatable bonds is 11. The highest BCUT2D eigenvalue weighted by Gasteiger charge is 2.54. The lowest BCUT2D eigenvalue weighted by molar-refractivity contribution is -0.120. The Morgan fingerprint density at radius 2 is 1.03 bits per heavy atom. The van der Waals surface area contributed by atoms with E-state index < -0.39 is 29.0 Å². The molecule has 0 amide bonds. The fourth-order valence-corrected chi connectivity index (χ4v) is 8.56. The van der Waals surface area contributed by atoms with E-state index in [1.807, 2.05) is 126 Å². The van der Waals surface area contributed by atoms with Crippen molar-refractivity contribution in [2.45, 2.75) is 64.2 Å². The number of carbonyl (C=O) groups is 2. The van der Waals surface area contributed by atoms with E-state index in [4.69, 9.17) is 0 Å². The fraction of sp³-hybridized carbons (Fsp3) is 0.355. The molecule has 0 fully saturated rings. The van der Waals surface area contributed by atoms with Crippen LogP contribution in [0.5, 0.6) is 0 Å². The average Bonchev–Trinajstić information content (AvgIpc) is 2.92. The van der Waals surface area contributed by atoms with Crippen LogP contribution in [0.2, 0.25) is 0 Å². The Morgan fingerprint density at radius 3 is 1.37 bits per heavy atom. The van der Waals surface area contributed by atoms with Crippen LogP contribution in [-0.2, 0) is 25.0 Å². The maximum atomic E-state index is 15.1. The van der Waals surface area contributed by atoms with Gasteiger partial charge in [0.15, 0.2) is 0 Å². The Balaban J connectivity index is 2.17. The minimum atomic E-state index is -4.01. The molecule has 0 heterocycles. The van der Waals surface area contributed by atoms with Gasteiger partial charge < -0.3 is 4.57 Å². The summed E-state index contributed by atoms with van der Waals surface area (Å²) in [4.78, 5) is 28.9. The van der Waals surface area contributed by atoms with Gasteiger partial charge in [-0.15, -0.1) is 0 Å². The lowest BCUT2D eigenvalue weighted by atomic mass is 9.81. The van der Waals surface area contributed by atoms with Gasteiger partial charge in [0.25, 0.3) is 0 Å². The molecule has 3 unspecified atom stereocenters. The van der Waals surface area contributed by atoms with Crippen molar-refractivity contribution in [2.24, 2.45) is 0 Å². The van der Waals surface area contributed by atoms with Crippen LogP contribution in [0.15, 0.2) is 91.0 Å². The summed E-state index contributed by atoms with van der Waals surface area (Å²) in [5.41, 5.74) is -0.326. The van der Waals surface area contributed by atoms with Gasteiger partial charge in [-0.3, -0.25) is 9.59 Å². The smallest absolute Gasteiger partial charge is 0.213 e. The first-order valence-corrected chi connectivity index (χ1v) is 14.4. The Bertz CT molecular complexity index is 1120. The first kappa shape index (κ1) is 26.8. The van der Waals surface area contributed by atoms with Gasteiger partial charge in [0, 0.05) is 6.16 Å². The van der Waals surface area contributed by atoms with Crippen molar-refractivity contribution < 1.29 is 14.2 Å². The fourth-order valence-electron chi connectivity index (χ4n) is 4.90. The zero-order valence-corrected chi connectivity index (χ0v) is 22.4. The van der Waals surface area contributed by atoms with Crippen molar-refractivity contribution in [1.82, 2.24) is 0 Å². The van der Waals surface area contributed by atoms with Crippen LogP contribution in [0.3, 0.4) is 0 Å². The summed E-state index contributed by atoms with van der Waals surface area (Å²) >= 11 is 0. The van der Waals surface area contributed by atoms with E-state index in [0.29, 0.717) is 12.8 Å². The first-order chi connectivity index (χ1) is 16.6. The highest BCUT2D eigenvalue weighted by molar-refractivity contribution is 7.94. The summed E-state index contributed by atoms with van der Waals surface area (Å²) in [5.74, 6) is -0.205. The quantitative estimate of drug-likeness (QED) is 0.257. The van der Waals surface area contributed by atoms with Crippen molar-refractivity contribution >= 4 is 18.2 Å². The van der Waals surface area contributed by atoms with Crippen molar-refractivity contribution in [3.8, 4) is 0 Å². The molecule has 4 heteroatoms. The van der Waals surface area contributed by atoms with Crippen molar-refractivity contribution in [3.05, 3.63) is 108 Å². The third-order valence-electron chi connectivity index (χ3n) is 7.74. The maximum absolute atomic E-state index is 15.1. The Kier molecular flexibility index (Phi) is 8.34. The van der Waals surface area contributed by atoms with Gasteiger partial charge in [-0.05, 0) is 49.3 Å². The zero-order chi connectivity index (χ0) is 25.7. The van der Waals surface area contributed by atoms with Crippen molar-refractivity contribution in [3.63, 3.8) is 0 Å². The van der Waals surface area contributed by atoms with Gasteiger partial charge in [-0.25, -0.2) is 0 Å². The molecule has 0 aliphatic carbocycles. The molecule has 0 aliphatic heterocycles. The average molecular weight is 489 g/mol. The third-order valence-corrected chi connectivity index (χ3v) is 11.1. The van der Waals surface area contributed by atoms with Crippen LogP contribution in [0.4, 0.5) is 0 Å². The van der Waals surface area contributed by atoms with E-state index in [1.54, 1.807) is 0 Å². The summed E-state index contributed by atoms with van der Waals surface area (Å²) in [7, 11) is -4.01. The van der Waals surface area contributed by atoms with E-state index in [0.717, 1.165) is 16.7 Å². The molecule has 0 bridgehead atoms. The van der Waals surface area contributed by atoms with Crippen LogP contribution in [0.1, 0.15) is 70.1 Å². The number of carbonyl (C=O) groups excluding carboxylic acids is 2. The molecule has 3 rings (SSSR count). The van der Waals surface area contributed by atoms with Gasteiger partial charge >= 0.3 is 0 Å². The Hall–Kier alpha value is -2.77. The molecular weight excluding hydrogens is 451 g/mol. The SMILES string of the molecule is CCC(C)(C(=O)P(=O)(CC(C)c1ccccc1)C(=O)C(C)(CC)c1ccccc1)c1ccccc1. The summed E-state index contributed by atoms with van der Waals surface area (Å²) in [6, 6.07) is 28.6. The third kappa shape index (κ3) is 5.11. The largest absolute Gasteiger partial charge is 0.307 e. The molecule has 3 nitrogen and oxygen atoms in total. The normalized spacial score (nSPS) is 17.4. The summed E-state index contributed by atoms with van der Waals surface area (Å²) in [6.45, 7) is 9.49. The molecule has 3 atom stereocenters. The van der Waals surface area contributed by atoms with E-state index in [9.17, 15) is 9.59 Å². The van der Waals surface area contributed by atoms with Crippen LogP contribution in [-0.4, -0.2) is 17.2 Å². The monoisotopic (exact) mass is 488 g/mol. The molecule has 35 heavy (non-hydrogen) atoms. The highest BCUT2D eigenvalue weighted by atomic mass is 31.2. The Labute approximate surface area is 210 Å². The Morgan fingerprint density at radius 1 is 0.686 bits per heavy atom. The molecule has 0 aromatic heterocycles. The van der Waals surface area contributed by atoms with E-state index in [2.05, 4.69) is 0 Å². The molecule has 3 aromatic carbocycles. The highest BCUT2D eigenvalue weighted by Crippen LogP contribution is 2.60. The zero-order valence-electron chi connectivity index (χ0n) is 21.5. The first-order valence-electron chi connectivity index (χ1n) is 12.5. The van der Waals surface area contributed by atoms with Gasteiger partial charge in [-0.2, -0.15) is 0 Å². The van der Waals surface area contributed by atoms with Crippen LogP contribution in [0, 0.1) is 0 Å². The maximum Gasteiger partial charge on any atom is 0.213 e. The van der Waals surface area contributed by atoms with Crippen LogP contribution < -0.4 is 0 Å². The second-order valence-corrected chi connectivity index (χ2v) is 12.6. The van der Waals surface area contributed by atoms with Gasteiger partial charge in [-0.1, -0.05) is 112 Å². The predicted octanol–water partition coefficient (Wildman–Crippen LogP) is 7.94. The summed E-state index contributed by atoms with van der Waals surface area (Å²) < 4.78 is 15.1. The van der Waals surface area contributed by atoms with Gasteiger partial charge in [0.1, 0.15) is 0 Å². The van der Waals surface area contributed by atoms with E-state index in [-0.39, 0.29) is 12.1 Å². The molecule has 0 aliphatic rings. The second kappa shape index (κ2) is 10.9. The molecule has 0 spiro atoms. The minimum Gasteiger partial charge on any atom is -0.307 e. The number of benzene rings is 3. The van der Waals surface area contributed by atoms with Gasteiger partial charge in [0.05, 0.1) is 10.8 Å². The van der Waals surface area contributed by atoms with Crippen molar-refractivity contribution in [1.29, 1.82) is 0 Å². The molecule has 0 radical (unpaired) electrons. The molecule has 0 saturated carbocycles. The van der Waals surface area contributed by atoms with E-state index in [1.165, 1.54) is 0 Å².